The molecule has 0 saturated heterocycles. The van der Waals surface area contributed by atoms with Crippen molar-refractivity contribution in [2.45, 2.75) is 64.1 Å². The number of nitrogens with one attached hydrogen (secondary N) is 2. The molecular weight excluding hydrogens is 212 g/mol. The molecule has 0 aromatic carbocycles. The quantitative estimate of drug-likeness (QED) is 0.646. The molecule has 3 nitrogen and oxygen atoms in total. The lowest BCUT2D eigenvalue weighted by Crippen LogP contribution is -2.39. The molecule has 0 aromatic rings. The minimum Gasteiger partial charge on any atom is -0.378 e. The molecule has 1 atom stereocenters. The topological polar surface area (TPSA) is 33.3 Å². The largest absolute Gasteiger partial charge is 0.378 e. The van der Waals surface area contributed by atoms with E-state index in [2.05, 4.69) is 24.5 Å². The summed E-state index contributed by atoms with van der Waals surface area (Å²) < 4.78 is 5.58. The van der Waals surface area contributed by atoms with Crippen LogP contribution in [0.15, 0.2) is 0 Å². The van der Waals surface area contributed by atoms with Crippen molar-refractivity contribution in [1.29, 1.82) is 0 Å². The van der Waals surface area contributed by atoms with Crippen LogP contribution in [0.4, 0.5) is 0 Å². The Morgan fingerprint density at radius 2 is 2.06 bits per heavy atom. The van der Waals surface area contributed by atoms with Gasteiger partial charge in [-0.3, -0.25) is 0 Å². The number of hydrogen-bond acceptors (Lipinski definition) is 3. The zero-order chi connectivity index (χ0) is 12.1. The minimum absolute atomic E-state index is 0.568. The van der Waals surface area contributed by atoms with Gasteiger partial charge < -0.3 is 15.4 Å². The molecule has 2 aliphatic carbocycles. The van der Waals surface area contributed by atoms with Crippen LogP contribution >= 0.6 is 0 Å². The molecule has 2 N–H and O–H groups in total. The zero-order valence-electron chi connectivity index (χ0n) is 11.4. The van der Waals surface area contributed by atoms with E-state index in [4.69, 9.17) is 4.74 Å². The molecule has 0 radical (unpaired) electrons. The molecule has 0 amide bonds. The second-order valence-electron chi connectivity index (χ2n) is 5.74. The van der Waals surface area contributed by atoms with Crippen molar-refractivity contribution in [2.75, 3.05) is 19.7 Å². The van der Waals surface area contributed by atoms with Gasteiger partial charge >= 0.3 is 0 Å². The van der Waals surface area contributed by atoms with Gasteiger partial charge in [-0.2, -0.15) is 0 Å². The summed E-state index contributed by atoms with van der Waals surface area (Å²) in [6.07, 6.45) is 7.21. The van der Waals surface area contributed by atoms with Crippen LogP contribution in [0.1, 0.15) is 46.0 Å². The fraction of sp³-hybridized carbons (Fsp3) is 1.00. The Balaban J connectivity index is 1.40. The first-order chi connectivity index (χ1) is 8.28. The monoisotopic (exact) mass is 240 g/mol. The first kappa shape index (κ1) is 13.3. The van der Waals surface area contributed by atoms with Crippen molar-refractivity contribution in [1.82, 2.24) is 10.6 Å². The van der Waals surface area contributed by atoms with E-state index in [1.54, 1.807) is 0 Å². The Morgan fingerprint density at radius 1 is 1.29 bits per heavy atom. The van der Waals surface area contributed by atoms with Crippen molar-refractivity contribution in [3.05, 3.63) is 0 Å². The molecular formula is C14H28N2O. The van der Waals surface area contributed by atoms with E-state index in [9.17, 15) is 0 Å². The lowest BCUT2D eigenvalue weighted by molar-refractivity contribution is -0.0264. The Labute approximate surface area is 106 Å². The zero-order valence-corrected chi connectivity index (χ0v) is 11.4. The fourth-order valence-corrected chi connectivity index (χ4v) is 2.52. The molecule has 100 valence electrons. The third-order valence-corrected chi connectivity index (χ3v) is 3.93. The van der Waals surface area contributed by atoms with E-state index in [-0.39, 0.29) is 0 Å². The number of rotatable bonds is 9. The Bertz CT molecular complexity index is 212. The minimum atomic E-state index is 0.568. The Morgan fingerprint density at radius 3 is 2.71 bits per heavy atom. The first-order valence-electron chi connectivity index (χ1n) is 7.36. The van der Waals surface area contributed by atoms with Crippen LogP contribution in [0.25, 0.3) is 0 Å². The van der Waals surface area contributed by atoms with E-state index < -0.39 is 0 Å². The van der Waals surface area contributed by atoms with Gasteiger partial charge in [0.2, 0.25) is 0 Å². The standard InChI is InChI=1S/C14H28N2O/c1-3-17-14-8-12(9-14)6-7-15-11(2)10-16-13-4-5-13/h11-16H,3-10H2,1-2H3. The second-order valence-corrected chi connectivity index (χ2v) is 5.74. The average Bonchev–Trinajstić information content (AvgIpc) is 3.06. The summed E-state index contributed by atoms with van der Waals surface area (Å²) in [6, 6.07) is 1.44. The summed E-state index contributed by atoms with van der Waals surface area (Å²) in [7, 11) is 0. The summed E-state index contributed by atoms with van der Waals surface area (Å²) in [5.74, 6) is 0.905. The molecule has 0 bridgehead atoms. The lowest BCUT2D eigenvalue weighted by atomic mass is 9.80. The highest BCUT2D eigenvalue weighted by Crippen LogP contribution is 2.32. The molecule has 1 unspecified atom stereocenters. The highest BCUT2D eigenvalue weighted by Gasteiger charge is 2.28. The predicted molar refractivity (Wildman–Crippen MR) is 71.2 cm³/mol. The van der Waals surface area contributed by atoms with Crippen molar-refractivity contribution < 1.29 is 4.74 Å². The molecule has 2 aliphatic rings. The van der Waals surface area contributed by atoms with Gasteiger partial charge in [0.05, 0.1) is 6.10 Å². The molecule has 3 heteroatoms. The van der Waals surface area contributed by atoms with Crippen LogP contribution in [0.5, 0.6) is 0 Å². The third kappa shape index (κ3) is 4.94. The van der Waals surface area contributed by atoms with Gasteiger partial charge in [-0.25, -0.2) is 0 Å². The van der Waals surface area contributed by atoms with E-state index in [0.29, 0.717) is 12.1 Å². The van der Waals surface area contributed by atoms with E-state index in [1.807, 2.05) is 0 Å². The Kier molecular flexibility index (Phi) is 5.26. The van der Waals surface area contributed by atoms with Gasteiger partial charge in [0, 0.05) is 25.2 Å². The van der Waals surface area contributed by atoms with Crippen molar-refractivity contribution >= 4 is 0 Å². The smallest absolute Gasteiger partial charge is 0.0580 e. The average molecular weight is 240 g/mol. The molecule has 0 heterocycles. The number of ether oxygens (including phenoxy) is 1. The van der Waals surface area contributed by atoms with Crippen molar-refractivity contribution in [3.63, 3.8) is 0 Å². The molecule has 2 fully saturated rings. The molecule has 17 heavy (non-hydrogen) atoms. The van der Waals surface area contributed by atoms with Crippen molar-refractivity contribution in [2.24, 2.45) is 5.92 Å². The van der Waals surface area contributed by atoms with Crippen molar-refractivity contribution in [3.8, 4) is 0 Å². The van der Waals surface area contributed by atoms with E-state index in [0.717, 1.165) is 31.7 Å². The highest BCUT2D eigenvalue weighted by atomic mass is 16.5. The summed E-state index contributed by atoms with van der Waals surface area (Å²) in [6.45, 7) is 7.52. The molecule has 0 aromatic heterocycles. The maximum atomic E-state index is 5.58. The summed E-state index contributed by atoms with van der Waals surface area (Å²) in [4.78, 5) is 0. The van der Waals surface area contributed by atoms with Gasteiger partial charge in [0.15, 0.2) is 0 Å². The van der Waals surface area contributed by atoms with Crippen LogP contribution in [-0.2, 0) is 4.74 Å². The van der Waals surface area contributed by atoms with Gasteiger partial charge in [0.1, 0.15) is 0 Å². The van der Waals surface area contributed by atoms with Crippen LogP contribution in [0.2, 0.25) is 0 Å². The lowest BCUT2D eigenvalue weighted by Gasteiger charge is -2.35. The second kappa shape index (κ2) is 6.72. The summed E-state index contributed by atoms with van der Waals surface area (Å²) in [5.41, 5.74) is 0. The van der Waals surface area contributed by atoms with Crippen LogP contribution < -0.4 is 10.6 Å². The molecule has 2 rings (SSSR count). The maximum Gasteiger partial charge on any atom is 0.0580 e. The fourth-order valence-electron chi connectivity index (χ4n) is 2.52. The first-order valence-corrected chi connectivity index (χ1v) is 7.36. The van der Waals surface area contributed by atoms with Gasteiger partial charge in [-0.15, -0.1) is 0 Å². The van der Waals surface area contributed by atoms with Crippen LogP contribution in [0.3, 0.4) is 0 Å². The predicted octanol–water partition coefficient (Wildman–Crippen LogP) is 1.92. The van der Waals surface area contributed by atoms with Gasteiger partial charge in [-0.05, 0) is 58.4 Å². The van der Waals surface area contributed by atoms with E-state index >= 15 is 0 Å². The third-order valence-electron chi connectivity index (χ3n) is 3.93. The Hall–Kier alpha value is -0.120. The van der Waals surface area contributed by atoms with Crippen LogP contribution in [0, 0.1) is 5.92 Å². The van der Waals surface area contributed by atoms with Crippen LogP contribution in [-0.4, -0.2) is 37.9 Å². The normalized spacial score (nSPS) is 30.0. The molecule has 2 saturated carbocycles. The van der Waals surface area contributed by atoms with E-state index in [1.165, 1.54) is 32.1 Å². The van der Waals surface area contributed by atoms with Gasteiger partial charge in [-0.1, -0.05) is 0 Å². The summed E-state index contributed by atoms with van der Waals surface area (Å²) in [5, 5.41) is 7.17. The SMILES string of the molecule is CCOC1CC(CCNC(C)CNC2CC2)C1. The highest BCUT2D eigenvalue weighted by molar-refractivity contribution is 4.83. The maximum absolute atomic E-state index is 5.58. The van der Waals surface area contributed by atoms with Gasteiger partial charge in [0.25, 0.3) is 0 Å². The molecule has 0 aliphatic heterocycles. The summed E-state index contributed by atoms with van der Waals surface area (Å²) >= 11 is 0. The molecule has 0 spiro atoms. The number of hydrogen-bond donors (Lipinski definition) is 2.